The van der Waals surface area contributed by atoms with Gasteiger partial charge in [-0.15, -0.1) is 6.42 Å². The first-order valence-electron chi connectivity index (χ1n) is 1.24. The molecule has 0 fully saturated rings. The van der Waals surface area contributed by atoms with Crippen molar-refractivity contribution < 1.29 is 0 Å². The lowest BCUT2D eigenvalue weighted by molar-refractivity contribution is 2.06. The van der Waals surface area contributed by atoms with Crippen LogP contribution in [-0.4, -0.2) is 4.86 Å². The summed E-state index contributed by atoms with van der Waals surface area (Å²) < 4.78 is 0. The van der Waals surface area contributed by atoms with Crippen LogP contribution in [0.3, 0.4) is 0 Å². The second-order valence-corrected chi connectivity index (χ2v) is 1.31. The van der Waals surface area contributed by atoms with Gasteiger partial charge in [0.25, 0.3) is 0 Å². The summed E-state index contributed by atoms with van der Waals surface area (Å²) in [5, 5.41) is 0. The lowest BCUT2D eigenvalue weighted by atomic mass is 10.5. The number of hydrogen-bond donors (Lipinski definition) is 0. The average molecular weight is 84.1 g/mol. The molecule has 0 atom stereocenters. The van der Waals surface area contributed by atoms with Crippen molar-refractivity contribution in [1.29, 1.82) is 0 Å². The van der Waals surface area contributed by atoms with E-state index in [-0.39, 0.29) is 0 Å². The van der Waals surface area contributed by atoms with E-state index < -0.39 is 0 Å². The molecule has 0 aromatic carbocycles. The molecule has 0 bridgehead atoms. The zero-order valence-corrected chi connectivity index (χ0v) is 3.80. The normalized spacial score (nSPS) is 5.60. The molecule has 0 saturated carbocycles. The molecule has 0 heterocycles. The Balaban J connectivity index is 3.35. The van der Waals surface area contributed by atoms with Gasteiger partial charge in [0.15, 0.2) is 0 Å². The summed E-state index contributed by atoms with van der Waals surface area (Å²) >= 11 is 4.46. The van der Waals surface area contributed by atoms with Crippen LogP contribution in [0.2, 0.25) is 0 Å². The minimum absolute atomic E-state index is 0.616. The van der Waals surface area contributed by atoms with Gasteiger partial charge in [-0.05, 0) is 6.92 Å². The quantitative estimate of drug-likeness (QED) is 0.312. The molecule has 5 heavy (non-hydrogen) atoms. The zero-order chi connectivity index (χ0) is 4.28. The maximum absolute atomic E-state index is 4.78. The third kappa shape index (κ3) is 3.65. The van der Waals surface area contributed by atoms with Crippen molar-refractivity contribution in [2.24, 2.45) is 0 Å². The SMILES string of the molecule is C#CC(C)=S. The second-order valence-electron chi connectivity index (χ2n) is 0.701. The van der Waals surface area contributed by atoms with Crippen LogP contribution >= 0.6 is 12.2 Å². The Kier molecular flexibility index (Phi) is 1.79. The molecule has 0 radical (unpaired) electrons. The smallest absolute Gasteiger partial charge is 0.0615 e. The molecule has 0 aliphatic heterocycles. The summed E-state index contributed by atoms with van der Waals surface area (Å²) in [4.78, 5) is 0.616. The van der Waals surface area contributed by atoms with Gasteiger partial charge in [0, 0.05) is 0 Å². The molecule has 1 heteroatoms. The molecule has 0 amide bonds. The highest BCUT2D eigenvalue weighted by Crippen LogP contribution is 1.62. The average Bonchev–Trinajstić information content (AvgIpc) is 1.38. The van der Waals surface area contributed by atoms with Gasteiger partial charge in [-0.2, -0.15) is 0 Å². The van der Waals surface area contributed by atoms with Crippen LogP contribution < -0.4 is 0 Å². The summed E-state index contributed by atoms with van der Waals surface area (Å²) in [5.74, 6) is 2.26. The molecule has 26 valence electrons. The molecule has 0 rings (SSSR count). The Hall–Kier alpha value is -0.350. The Morgan fingerprint density at radius 3 is 2.20 bits per heavy atom. The molecule has 0 unspecified atom stereocenters. The van der Waals surface area contributed by atoms with E-state index in [2.05, 4.69) is 18.1 Å². The van der Waals surface area contributed by atoms with Crippen molar-refractivity contribution in [3.63, 3.8) is 0 Å². The fourth-order valence-corrected chi connectivity index (χ4v) is 0. The highest BCUT2D eigenvalue weighted by atomic mass is 32.1. The zero-order valence-electron chi connectivity index (χ0n) is 2.99. The largest absolute Gasteiger partial charge is 0.114 e. The summed E-state index contributed by atoms with van der Waals surface area (Å²) in [6.45, 7) is 1.72. The van der Waals surface area contributed by atoms with Gasteiger partial charge in [-0.3, -0.25) is 0 Å². The van der Waals surface area contributed by atoms with Crippen molar-refractivity contribution in [2.75, 3.05) is 0 Å². The maximum Gasteiger partial charge on any atom is 0.0615 e. The Bertz CT molecular complexity index is 76.1. The number of hydrogen-bond acceptors (Lipinski definition) is 1. The van der Waals surface area contributed by atoms with Crippen molar-refractivity contribution in [1.82, 2.24) is 0 Å². The van der Waals surface area contributed by atoms with Gasteiger partial charge in [0.2, 0.25) is 0 Å². The van der Waals surface area contributed by atoms with Gasteiger partial charge < -0.3 is 0 Å². The summed E-state index contributed by atoms with van der Waals surface area (Å²) in [6, 6.07) is 0. The summed E-state index contributed by atoms with van der Waals surface area (Å²) in [7, 11) is 0. The fraction of sp³-hybridized carbons (Fsp3) is 0.250. The highest BCUT2D eigenvalue weighted by molar-refractivity contribution is 7.80. The Morgan fingerprint density at radius 2 is 2.20 bits per heavy atom. The summed E-state index contributed by atoms with van der Waals surface area (Å²) in [5.41, 5.74) is 0. The molecule has 0 aromatic rings. The van der Waals surface area contributed by atoms with E-state index in [9.17, 15) is 0 Å². The van der Waals surface area contributed by atoms with E-state index in [1.807, 2.05) is 0 Å². The first kappa shape index (κ1) is 4.65. The number of thiocarbonyl (C=S) groups is 1. The molecular weight excluding hydrogens is 80.1 g/mol. The van der Waals surface area contributed by atoms with Crippen molar-refractivity contribution in [2.45, 2.75) is 6.92 Å². The lowest BCUT2D eigenvalue weighted by Crippen LogP contribution is -1.70. The van der Waals surface area contributed by atoms with Gasteiger partial charge >= 0.3 is 0 Å². The topological polar surface area (TPSA) is 0 Å². The van der Waals surface area contributed by atoms with Crippen LogP contribution in [0.4, 0.5) is 0 Å². The van der Waals surface area contributed by atoms with Crippen LogP contribution in [0.5, 0.6) is 0 Å². The maximum atomic E-state index is 4.78. The molecule has 0 aromatic heterocycles. The van der Waals surface area contributed by atoms with E-state index in [0.29, 0.717) is 4.86 Å². The molecule has 0 spiro atoms. The van der Waals surface area contributed by atoms with Crippen LogP contribution in [0, 0.1) is 12.3 Å². The predicted octanol–water partition coefficient (Wildman–Crippen LogP) is 1.01. The number of rotatable bonds is 0. The summed E-state index contributed by atoms with van der Waals surface area (Å²) in [6.07, 6.45) is 4.78. The van der Waals surface area contributed by atoms with Crippen LogP contribution in [0.1, 0.15) is 6.92 Å². The third-order valence-corrected chi connectivity index (χ3v) is 0.321. The highest BCUT2D eigenvalue weighted by Gasteiger charge is 1.63. The van der Waals surface area contributed by atoms with Crippen LogP contribution in [0.25, 0.3) is 0 Å². The van der Waals surface area contributed by atoms with Crippen LogP contribution in [0.15, 0.2) is 0 Å². The predicted molar refractivity (Wildman–Crippen MR) is 27.1 cm³/mol. The van der Waals surface area contributed by atoms with Crippen molar-refractivity contribution in [3.05, 3.63) is 0 Å². The standard InChI is InChI=1S/C4H4S/c1-3-4(2)5/h1H,2H3. The fourth-order valence-electron chi connectivity index (χ4n) is 0. The first-order chi connectivity index (χ1) is 2.27. The molecule has 0 nitrogen and oxygen atoms in total. The van der Waals surface area contributed by atoms with Gasteiger partial charge in [-0.25, -0.2) is 0 Å². The van der Waals surface area contributed by atoms with Gasteiger partial charge in [-0.1, -0.05) is 18.1 Å². The molecular formula is C4H4S. The van der Waals surface area contributed by atoms with E-state index in [1.165, 1.54) is 0 Å². The molecule has 0 aliphatic rings. The third-order valence-electron chi connectivity index (χ3n) is 0.203. The Labute approximate surface area is 37.2 Å². The van der Waals surface area contributed by atoms with Gasteiger partial charge in [0.05, 0.1) is 4.86 Å². The Morgan fingerprint density at radius 1 is 2.00 bits per heavy atom. The van der Waals surface area contributed by atoms with E-state index >= 15 is 0 Å². The molecule has 0 N–H and O–H groups in total. The monoisotopic (exact) mass is 84.0 g/mol. The lowest BCUT2D eigenvalue weighted by Gasteiger charge is -1.63. The van der Waals surface area contributed by atoms with Crippen molar-refractivity contribution in [3.8, 4) is 12.3 Å². The molecule has 0 saturated heterocycles. The van der Waals surface area contributed by atoms with Gasteiger partial charge in [0.1, 0.15) is 0 Å². The molecule has 0 aliphatic carbocycles. The number of terminal acetylenes is 1. The minimum atomic E-state index is 0.616. The van der Waals surface area contributed by atoms with E-state index in [4.69, 9.17) is 6.42 Å². The van der Waals surface area contributed by atoms with E-state index in [0.717, 1.165) is 0 Å². The van der Waals surface area contributed by atoms with Crippen LogP contribution in [-0.2, 0) is 0 Å². The van der Waals surface area contributed by atoms with Crippen molar-refractivity contribution >= 4 is 17.1 Å². The first-order valence-corrected chi connectivity index (χ1v) is 1.65. The van der Waals surface area contributed by atoms with E-state index in [1.54, 1.807) is 6.92 Å². The second kappa shape index (κ2) is 1.92. The minimum Gasteiger partial charge on any atom is -0.114 e.